The summed E-state index contributed by atoms with van der Waals surface area (Å²) in [5.41, 5.74) is 7.85. The molecule has 0 spiro atoms. The van der Waals surface area contributed by atoms with E-state index in [1.54, 1.807) is 35.5 Å². The van der Waals surface area contributed by atoms with Crippen LogP contribution in [-0.4, -0.2) is 36.6 Å². The van der Waals surface area contributed by atoms with Crippen LogP contribution in [0.15, 0.2) is 73.6 Å². The van der Waals surface area contributed by atoms with E-state index in [0.717, 1.165) is 24.5 Å². The van der Waals surface area contributed by atoms with Crippen molar-refractivity contribution in [3.63, 3.8) is 0 Å². The van der Waals surface area contributed by atoms with Crippen molar-refractivity contribution in [1.29, 1.82) is 0 Å². The summed E-state index contributed by atoms with van der Waals surface area (Å²) in [6.07, 6.45) is 10.9. The number of pyridine rings is 2. The van der Waals surface area contributed by atoms with Gasteiger partial charge < -0.3 is 11.1 Å². The molecule has 8 heteroatoms. The van der Waals surface area contributed by atoms with Crippen molar-refractivity contribution in [1.82, 2.24) is 29.5 Å². The molecule has 4 aromatic rings. The lowest BCUT2D eigenvalue weighted by Crippen LogP contribution is -2.01. The van der Waals surface area contributed by atoms with Crippen LogP contribution in [0.5, 0.6) is 0 Å². The number of anilines is 2. The predicted molar refractivity (Wildman–Crippen MR) is 105 cm³/mol. The van der Waals surface area contributed by atoms with Crippen molar-refractivity contribution in [2.45, 2.75) is 13.1 Å². The summed E-state index contributed by atoms with van der Waals surface area (Å²) in [7, 11) is 1.86. The van der Waals surface area contributed by atoms with Gasteiger partial charge in [0.25, 0.3) is 0 Å². The number of aromatic nitrogens is 6. The molecule has 0 saturated carbocycles. The van der Waals surface area contributed by atoms with E-state index in [9.17, 15) is 0 Å². The van der Waals surface area contributed by atoms with E-state index in [-0.39, 0.29) is 0 Å². The summed E-state index contributed by atoms with van der Waals surface area (Å²) in [6.45, 7) is 1.52. The van der Waals surface area contributed by atoms with Crippen LogP contribution in [0.4, 0.5) is 11.6 Å². The molecular formula is C19H22N8. The molecule has 0 aliphatic heterocycles. The molecular weight excluding hydrogens is 340 g/mol. The first-order chi connectivity index (χ1) is 13.2. The Morgan fingerprint density at radius 2 is 1.30 bits per heavy atom. The van der Waals surface area contributed by atoms with E-state index in [1.807, 2.05) is 54.5 Å². The second kappa shape index (κ2) is 9.14. The van der Waals surface area contributed by atoms with Gasteiger partial charge in [0.05, 0.1) is 13.1 Å². The zero-order valence-electron chi connectivity index (χ0n) is 15.1. The van der Waals surface area contributed by atoms with Gasteiger partial charge in [-0.25, -0.2) is 0 Å². The summed E-state index contributed by atoms with van der Waals surface area (Å²) in [5, 5.41) is 11.4. The Bertz CT molecular complexity index is 931. The van der Waals surface area contributed by atoms with Crippen molar-refractivity contribution < 1.29 is 0 Å². The normalized spacial score (nSPS) is 10.1. The van der Waals surface area contributed by atoms with Crippen LogP contribution in [0.25, 0.3) is 0 Å². The first kappa shape index (κ1) is 18.1. The SMILES string of the molecule is CNc1ccn(Cc2ccncc2)n1.Nc1ccn(Cc2ccncc2)n1. The molecule has 4 rings (SSSR count). The van der Waals surface area contributed by atoms with Gasteiger partial charge in [0.1, 0.15) is 11.6 Å². The first-order valence-electron chi connectivity index (χ1n) is 8.51. The van der Waals surface area contributed by atoms with E-state index in [0.29, 0.717) is 5.82 Å². The van der Waals surface area contributed by atoms with Crippen LogP contribution in [0.2, 0.25) is 0 Å². The van der Waals surface area contributed by atoms with Gasteiger partial charge in [0, 0.05) is 50.3 Å². The molecule has 0 aliphatic rings. The van der Waals surface area contributed by atoms with Crippen molar-refractivity contribution >= 4 is 11.6 Å². The van der Waals surface area contributed by atoms with E-state index in [2.05, 4.69) is 25.5 Å². The second-order valence-corrected chi connectivity index (χ2v) is 5.80. The first-order valence-corrected chi connectivity index (χ1v) is 8.51. The number of nitrogens with one attached hydrogen (secondary N) is 1. The Balaban J connectivity index is 0.000000156. The lowest BCUT2D eigenvalue weighted by molar-refractivity contribution is 0.688. The van der Waals surface area contributed by atoms with Gasteiger partial charge in [-0.15, -0.1) is 0 Å². The molecule has 0 bridgehead atoms. The molecule has 27 heavy (non-hydrogen) atoms. The molecule has 4 aromatic heterocycles. The maximum absolute atomic E-state index is 5.49. The highest BCUT2D eigenvalue weighted by molar-refractivity contribution is 5.31. The highest BCUT2D eigenvalue weighted by Crippen LogP contribution is 2.04. The van der Waals surface area contributed by atoms with Crippen LogP contribution in [0.1, 0.15) is 11.1 Å². The number of rotatable bonds is 5. The second-order valence-electron chi connectivity index (χ2n) is 5.80. The van der Waals surface area contributed by atoms with E-state index < -0.39 is 0 Å². The van der Waals surface area contributed by atoms with Crippen molar-refractivity contribution in [3.05, 3.63) is 84.7 Å². The zero-order chi connectivity index (χ0) is 18.9. The number of hydrogen-bond acceptors (Lipinski definition) is 6. The lowest BCUT2D eigenvalue weighted by atomic mass is 10.3. The number of nitrogens with zero attached hydrogens (tertiary/aromatic N) is 6. The molecule has 0 atom stereocenters. The minimum atomic E-state index is 0.550. The zero-order valence-corrected chi connectivity index (χ0v) is 15.1. The third kappa shape index (κ3) is 5.67. The van der Waals surface area contributed by atoms with Crippen LogP contribution in [0, 0.1) is 0 Å². The molecule has 8 nitrogen and oxygen atoms in total. The minimum absolute atomic E-state index is 0.550. The average Bonchev–Trinajstić information content (AvgIpc) is 3.32. The monoisotopic (exact) mass is 362 g/mol. The molecule has 0 amide bonds. The molecule has 138 valence electrons. The lowest BCUT2D eigenvalue weighted by Gasteiger charge is -2.00. The molecule has 0 unspecified atom stereocenters. The van der Waals surface area contributed by atoms with Gasteiger partial charge in [-0.05, 0) is 41.5 Å². The number of hydrogen-bond donors (Lipinski definition) is 2. The molecule has 3 N–H and O–H groups in total. The van der Waals surface area contributed by atoms with Gasteiger partial charge in [-0.3, -0.25) is 19.3 Å². The number of nitrogen functional groups attached to an aromatic ring is 1. The summed E-state index contributed by atoms with van der Waals surface area (Å²) in [5.74, 6) is 1.44. The van der Waals surface area contributed by atoms with Crippen LogP contribution in [0.3, 0.4) is 0 Å². The van der Waals surface area contributed by atoms with Crippen molar-refractivity contribution in [2.75, 3.05) is 18.1 Å². The third-order valence-corrected chi connectivity index (χ3v) is 3.75. The fraction of sp³-hybridized carbons (Fsp3) is 0.158. The van der Waals surface area contributed by atoms with Gasteiger partial charge >= 0.3 is 0 Å². The van der Waals surface area contributed by atoms with E-state index in [1.165, 1.54) is 5.56 Å². The smallest absolute Gasteiger partial charge is 0.147 e. The van der Waals surface area contributed by atoms with E-state index >= 15 is 0 Å². The molecule has 0 radical (unpaired) electrons. The summed E-state index contributed by atoms with van der Waals surface area (Å²) >= 11 is 0. The van der Waals surface area contributed by atoms with Gasteiger partial charge in [0.15, 0.2) is 0 Å². The van der Waals surface area contributed by atoms with Gasteiger partial charge in [0.2, 0.25) is 0 Å². The fourth-order valence-corrected chi connectivity index (χ4v) is 2.40. The maximum atomic E-state index is 5.49. The third-order valence-electron chi connectivity index (χ3n) is 3.75. The topological polar surface area (TPSA) is 99.5 Å². The number of nitrogens with two attached hydrogens (primary N) is 1. The van der Waals surface area contributed by atoms with Crippen LogP contribution >= 0.6 is 0 Å². The Labute approximate surface area is 157 Å². The van der Waals surface area contributed by atoms with Crippen molar-refractivity contribution in [3.8, 4) is 0 Å². The Hall–Kier alpha value is -3.68. The predicted octanol–water partition coefficient (Wildman–Crippen LogP) is 2.28. The summed E-state index contributed by atoms with van der Waals surface area (Å²) in [4.78, 5) is 7.90. The Morgan fingerprint density at radius 1 is 0.778 bits per heavy atom. The molecule has 0 fully saturated rings. The molecule has 0 saturated heterocycles. The van der Waals surface area contributed by atoms with Crippen LogP contribution < -0.4 is 11.1 Å². The Morgan fingerprint density at radius 3 is 1.74 bits per heavy atom. The average molecular weight is 362 g/mol. The van der Waals surface area contributed by atoms with Gasteiger partial charge in [-0.1, -0.05) is 0 Å². The highest BCUT2D eigenvalue weighted by atomic mass is 15.3. The van der Waals surface area contributed by atoms with E-state index in [4.69, 9.17) is 5.73 Å². The maximum Gasteiger partial charge on any atom is 0.147 e. The van der Waals surface area contributed by atoms with Crippen LogP contribution in [-0.2, 0) is 13.1 Å². The fourth-order valence-electron chi connectivity index (χ4n) is 2.40. The molecule has 0 aromatic carbocycles. The summed E-state index contributed by atoms with van der Waals surface area (Å²) in [6, 6.07) is 11.6. The molecule has 4 heterocycles. The standard InChI is InChI=1S/C10H12N4.C9H10N4/c1-11-10-4-7-14(13-10)8-9-2-5-12-6-3-9;10-9-3-6-13(12-9)7-8-1-4-11-5-2-8/h2-7H,8H2,1H3,(H,11,13);1-6H,7H2,(H2,10,12). The highest BCUT2D eigenvalue weighted by Gasteiger charge is 1.97. The van der Waals surface area contributed by atoms with Crippen molar-refractivity contribution in [2.24, 2.45) is 0 Å². The largest absolute Gasteiger partial charge is 0.382 e. The summed E-state index contributed by atoms with van der Waals surface area (Å²) < 4.78 is 3.69. The minimum Gasteiger partial charge on any atom is -0.382 e. The van der Waals surface area contributed by atoms with Gasteiger partial charge in [-0.2, -0.15) is 10.2 Å². The molecule has 0 aliphatic carbocycles. The Kier molecular flexibility index (Phi) is 6.13. The quantitative estimate of drug-likeness (QED) is 0.565.